The van der Waals surface area contributed by atoms with Gasteiger partial charge in [-0.15, -0.1) is 0 Å². The third-order valence-corrected chi connectivity index (χ3v) is 13.4. The quantitative estimate of drug-likeness (QED) is 0.0213. The van der Waals surface area contributed by atoms with Crippen LogP contribution < -0.4 is 0 Å². The van der Waals surface area contributed by atoms with Crippen LogP contribution in [-0.4, -0.2) is 75.6 Å². The zero-order chi connectivity index (χ0) is 49.0. The maximum atomic E-state index is 12.8. The molecule has 0 aliphatic heterocycles. The number of hydrogen-bond acceptors (Lipinski definition) is 6. The van der Waals surface area contributed by atoms with Gasteiger partial charge in [-0.25, -0.2) is 4.57 Å². The Kier molecular flexibility index (Phi) is 49.7. The van der Waals surface area contributed by atoms with Gasteiger partial charge in [-0.05, 0) is 51.4 Å². The summed E-state index contributed by atoms with van der Waals surface area (Å²) in [6.45, 7) is 5.55. The molecular weight excluding hydrogens is 854 g/mol. The Labute approximate surface area is 416 Å². The van der Waals surface area contributed by atoms with Gasteiger partial charge in [0.15, 0.2) is 0 Å². The molecule has 9 heteroatoms. The molecule has 8 nitrogen and oxygen atoms in total. The summed E-state index contributed by atoms with van der Waals surface area (Å²) in [7, 11) is 1.67. The van der Waals surface area contributed by atoms with Crippen molar-refractivity contribution < 1.29 is 37.3 Å². The van der Waals surface area contributed by atoms with Gasteiger partial charge in [-0.2, -0.15) is 0 Å². The van der Waals surface area contributed by atoms with E-state index in [2.05, 4.69) is 62.5 Å². The summed E-state index contributed by atoms with van der Waals surface area (Å²) in [5.41, 5.74) is 0. The molecule has 0 aliphatic rings. The summed E-state index contributed by atoms with van der Waals surface area (Å²) >= 11 is 0. The standard InChI is InChI=1S/C58H110NO7P/c1-6-8-10-12-14-16-18-20-22-24-26-28-29-30-32-34-36-38-40-42-44-46-48-50-53-63-55-57(56-65-67(61,62)64-54-52-59(3,4)5)66-58(60)51-49-47-45-43-41-39-37-35-33-31-27-25-23-21-19-17-15-13-11-9-7-2/h8,10,14,16,20,22,26,28,57H,6-7,9,11-13,15,17-19,21,23-25,27,29-56H2,1-5H3/p+1/b10-8-,16-14-,22-20-,28-26-. The number of phosphoric ester groups is 1. The highest BCUT2D eigenvalue weighted by Crippen LogP contribution is 2.43. The lowest BCUT2D eigenvalue weighted by molar-refractivity contribution is -0.870. The van der Waals surface area contributed by atoms with Crippen molar-refractivity contribution in [2.24, 2.45) is 0 Å². The number of hydrogen-bond donors (Lipinski definition) is 1. The number of likely N-dealkylation sites (N-methyl/N-ethyl adjacent to an activating group) is 1. The highest BCUT2D eigenvalue weighted by molar-refractivity contribution is 7.47. The molecule has 1 N–H and O–H groups in total. The predicted molar refractivity (Wildman–Crippen MR) is 289 cm³/mol. The Morgan fingerprint density at radius 3 is 1.30 bits per heavy atom. The molecular formula is C58H111NO7P+. The van der Waals surface area contributed by atoms with Gasteiger partial charge >= 0.3 is 13.8 Å². The molecule has 2 unspecified atom stereocenters. The van der Waals surface area contributed by atoms with E-state index in [1.807, 2.05) is 21.1 Å². The van der Waals surface area contributed by atoms with Crippen LogP contribution in [0, 0.1) is 0 Å². The van der Waals surface area contributed by atoms with Crippen LogP contribution in [0.5, 0.6) is 0 Å². The maximum absolute atomic E-state index is 12.8. The highest BCUT2D eigenvalue weighted by Gasteiger charge is 2.26. The number of allylic oxidation sites excluding steroid dienone is 8. The van der Waals surface area contributed by atoms with Crippen LogP contribution in [0.15, 0.2) is 48.6 Å². The van der Waals surface area contributed by atoms with Gasteiger partial charge in [0.1, 0.15) is 19.3 Å². The van der Waals surface area contributed by atoms with E-state index in [9.17, 15) is 14.3 Å². The van der Waals surface area contributed by atoms with E-state index in [0.717, 1.165) is 57.8 Å². The van der Waals surface area contributed by atoms with Crippen LogP contribution in [0.3, 0.4) is 0 Å². The second-order valence-electron chi connectivity index (χ2n) is 20.3. The lowest BCUT2D eigenvalue weighted by Crippen LogP contribution is -2.37. The van der Waals surface area contributed by atoms with Gasteiger partial charge in [0, 0.05) is 13.0 Å². The third-order valence-electron chi connectivity index (χ3n) is 12.4. The lowest BCUT2D eigenvalue weighted by atomic mass is 10.0. The van der Waals surface area contributed by atoms with Gasteiger partial charge < -0.3 is 18.9 Å². The number of nitrogens with zero attached hydrogens (tertiary/aromatic N) is 1. The molecule has 0 aromatic rings. The first-order valence-electron chi connectivity index (χ1n) is 28.4. The van der Waals surface area contributed by atoms with Gasteiger partial charge in [0.2, 0.25) is 0 Å². The van der Waals surface area contributed by atoms with Crippen molar-refractivity contribution in [2.45, 2.75) is 264 Å². The number of ether oxygens (including phenoxy) is 2. The summed E-state index contributed by atoms with van der Waals surface area (Å²) < 4.78 is 35.3. The molecule has 0 aliphatic carbocycles. The van der Waals surface area contributed by atoms with Crippen LogP contribution in [0.1, 0.15) is 258 Å². The smallest absolute Gasteiger partial charge is 0.457 e. The van der Waals surface area contributed by atoms with Crippen molar-refractivity contribution in [1.29, 1.82) is 0 Å². The van der Waals surface area contributed by atoms with E-state index in [1.165, 1.54) is 180 Å². The minimum Gasteiger partial charge on any atom is -0.457 e. The van der Waals surface area contributed by atoms with Gasteiger partial charge in [0.05, 0.1) is 34.4 Å². The summed E-state index contributed by atoms with van der Waals surface area (Å²) in [6, 6.07) is 0. The van der Waals surface area contributed by atoms with E-state index in [0.29, 0.717) is 24.1 Å². The average molecular weight is 965 g/mol. The fraction of sp³-hybridized carbons (Fsp3) is 0.845. The summed E-state index contributed by atoms with van der Waals surface area (Å²) in [5.74, 6) is -0.310. The SMILES string of the molecule is CC/C=C\C/C=C\C/C=C\C/C=C\CCCCCCCCCCCCCOCC(COP(=O)(O)OCC[N+](C)(C)C)OC(=O)CCCCCCCCCCCCCCCCCCCCCCC. The number of carbonyl (C=O) groups excluding carboxylic acids is 1. The first kappa shape index (κ1) is 65.5. The summed E-state index contributed by atoms with van der Waals surface area (Å²) in [4.78, 5) is 23.1. The van der Waals surface area contributed by atoms with Crippen molar-refractivity contribution in [3.8, 4) is 0 Å². The van der Waals surface area contributed by atoms with Crippen molar-refractivity contribution in [3.05, 3.63) is 48.6 Å². The Hall–Kier alpha value is -1.54. The molecule has 394 valence electrons. The molecule has 0 aromatic heterocycles. The van der Waals surface area contributed by atoms with E-state index < -0.39 is 13.9 Å². The minimum absolute atomic E-state index is 0.0888. The van der Waals surface area contributed by atoms with Crippen LogP contribution in [0.2, 0.25) is 0 Å². The Morgan fingerprint density at radius 1 is 0.478 bits per heavy atom. The molecule has 0 spiro atoms. The number of carbonyl (C=O) groups is 1. The van der Waals surface area contributed by atoms with Crippen LogP contribution in [-0.2, 0) is 27.9 Å². The molecule has 0 saturated carbocycles. The minimum atomic E-state index is -4.28. The van der Waals surface area contributed by atoms with Crippen LogP contribution in [0.4, 0.5) is 0 Å². The average Bonchev–Trinajstić information content (AvgIpc) is 3.29. The monoisotopic (exact) mass is 965 g/mol. The molecule has 0 radical (unpaired) electrons. The molecule has 0 saturated heterocycles. The fourth-order valence-corrected chi connectivity index (χ4v) is 8.82. The van der Waals surface area contributed by atoms with Crippen molar-refractivity contribution >= 4 is 13.8 Å². The third kappa shape index (κ3) is 55.3. The van der Waals surface area contributed by atoms with Gasteiger partial charge in [-0.1, -0.05) is 249 Å². The topological polar surface area (TPSA) is 91.3 Å². The van der Waals surface area contributed by atoms with Crippen molar-refractivity contribution in [2.75, 3.05) is 54.1 Å². The van der Waals surface area contributed by atoms with Crippen molar-refractivity contribution in [1.82, 2.24) is 0 Å². The first-order chi connectivity index (χ1) is 32.6. The molecule has 0 amide bonds. The van der Waals surface area contributed by atoms with Gasteiger partial charge in [0.25, 0.3) is 0 Å². The number of esters is 1. The Bertz CT molecular complexity index is 1210. The molecule has 2 atom stereocenters. The lowest BCUT2D eigenvalue weighted by Gasteiger charge is -2.24. The molecule has 0 bridgehead atoms. The number of rotatable bonds is 53. The molecule has 0 aromatic carbocycles. The Morgan fingerprint density at radius 2 is 0.866 bits per heavy atom. The van der Waals surface area contributed by atoms with Crippen LogP contribution in [0.25, 0.3) is 0 Å². The molecule has 67 heavy (non-hydrogen) atoms. The normalized spacial score (nSPS) is 13.8. The van der Waals surface area contributed by atoms with Gasteiger partial charge in [-0.3, -0.25) is 13.8 Å². The Balaban J connectivity index is 4.06. The maximum Gasteiger partial charge on any atom is 0.472 e. The fourth-order valence-electron chi connectivity index (χ4n) is 8.08. The van der Waals surface area contributed by atoms with E-state index >= 15 is 0 Å². The number of unbranched alkanes of at least 4 members (excludes halogenated alkanes) is 31. The second kappa shape index (κ2) is 50.8. The zero-order valence-corrected chi connectivity index (χ0v) is 45.8. The highest BCUT2D eigenvalue weighted by atomic mass is 31.2. The second-order valence-corrected chi connectivity index (χ2v) is 21.8. The summed E-state index contributed by atoms with van der Waals surface area (Å²) in [5, 5.41) is 0. The summed E-state index contributed by atoms with van der Waals surface area (Å²) in [6.07, 6.45) is 64.6. The number of phosphoric acid groups is 1. The molecule has 0 heterocycles. The first-order valence-corrected chi connectivity index (χ1v) is 29.9. The van der Waals surface area contributed by atoms with Crippen molar-refractivity contribution in [3.63, 3.8) is 0 Å². The van der Waals surface area contributed by atoms with E-state index in [4.69, 9.17) is 18.5 Å². The van der Waals surface area contributed by atoms with E-state index in [-0.39, 0.29) is 25.8 Å². The molecule has 0 fully saturated rings. The molecule has 0 rings (SSSR count). The zero-order valence-electron chi connectivity index (χ0n) is 44.9. The van der Waals surface area contributed by atoms with E-state index in [1.54, 1.807) is 0 Å². The van der Waals surface area contributed by atoms with Crippen LogP contribution >= 0.6 is 7.82 Å². The largest absolute Gasteiger partial charge is 0.472 e. The number of quaternary nitrogens is 1. The predicted octanol–water partition coefficient (Wildman–Crippen LogP) is 17.8.